The molecule has 8 nitrogen and oxygen atoms in total. The summed E-state index contributed by atoms with van der Waals surface area (Å²) in [4.78, 5) is 43.8. The van der Waals surface area contributed by atoms with E-state index in [1.165, 1.54) is 4.90 Å². The van der Waals surface area contributed by atoms with Gasteiger partial charge in [-0.2, -0.15) is 0 Å². The van der Waals surface area contributed by atoms with E-state index in [4.69, 9.17) is 0 Å². The highest BCUT2D eigenvalue weighted by Crippen LogP contribution is 2.19. The zero-order valence-corrected chi connectivity index (χ0v) is 16.3. The fraction of sp³-hybridized carbons (Fsp3) is 0.476. The fourth-order valence-corrected chi connectivity index (χ4v) is 4.08. The number of aromatic nitrogens is 1. The number of para-hydroxylation sites is 1. The average Bonchev–Trinajstić information content (AvgIpc) is 3.18. The Morgan fingerprint density at radius 3 is 2.31 bits per heavy atom. The molecule has 0 atom stereocenters. The van der Waals surface area contributed by atoms with Crippen LogP contribution in [0, 0.1) is 0 Å². The molecule has 2 fully saturated rings. The summed E-state index contributed by atoms with van der Waals surface area (Å²) in [6.07, 6.45) is 2.36. The van der Waals surface area contributed by atoms with Gasteiger partial charge < -0.3 is 25.2 Å². The Balaban J connectivity index is 1.29. The number of aromatic amines is 1. The number of H-pyrrole nitrogens is 1. The lowest BCUT2D eigenvalue weighted by atomic mass is 9.93. The normalized spacial score (nSPS) is 22.5. The van der Waals surface area contributed by atoms with E-state index >= 15 is 0 Å². The lowest BCUT2D eigenvalue weighted by Crippen LogP contribution is -2.55. The Kier molecular flexibility index (Phi) is 5.53. The number of carbonyl (C=O) groups excluding carboxylic acids is 3. The molecule has 0 bridgehead atoms. The molecule has 29 heavy (non-hydrogen) atoms. The molecule has 0 radical (unpaired) electrons. The van der Waals surface area contributed by atoms with Gasteiger partial charge in [0.15, 0.2) is 0 Å². The Hall–Kier alpha value is -2.87. The van der Waals surface area contributed by atoms with Crippen LogP contribution in [-0.2, 0) is 9.59 Å². The number of aliphatic hydroxyl groups excluding tert-OH is 1. The van der Waals surface area contributed by atoms with Crippen LogP contribution < -0.4 is 5.32 Å². The molecule has 1 saturated carbocycles. The molecule has 1 aliphatic heterocycles. The zero-order chi connectivity index (χ0) is 20.4. The quantitative estimate of drug-likeness (QED) is 0.653. The molecule has 0 unspecified atom stereocenters. The maximum Gasteiger partial charge on any atom is 0.312 e. The monoisotopic (exact) mass is 398 g/mol. The number of aliphatic hydroxyl groups is 1. The minimum atomic E-state index is -0.596. The number of nitrogens with zero attached hydrogens (tertiary/aromatic N) is 2. The van der Waals surface area contributed by atoms with Crippen molar-refractivity contribution in [1.29, 1.82) is 0 Å². The minimum absolute atomic E-state index is 0.0558. The van der Waals surface area contributed by atoms with E-state index in [0.717, 1.165) is 10.9 Å². The Morgan fingerprint density at radius 1 is 0.966 bits per heavy atom. The second-order valence-electron chi connectivity index (χ2n) is 7.83. The number of nitrogens with one attached hydrogen (secondary N) is 2. The van der Waals surface area contributed by atoms with Gasteiger partial charge in [0.1, 0.15) is 5.69 Å². The average molecular weight is 398 g/mol. The molecule has 3 amide bonds. The standard InChI is InChI=1S/C21H26N4O4/c26-16-7-5-15(6-8-16)22-19(27)21(29)25-11-9-24(10-12-25)20(28)18-13-14-3-1-2-4-17(14)23-18/h1-4,13,15-16,23,26H,5-12H2,(H,22,27). The molecule has 2 aromatic rings. The van der Waals surface area contributed by atoms with E-state index < -0.39 is 11.8 Å². The third-order valence-corrected chi connectivity index (χ3v) is 5.84. The fourth-order valence-electron chi connectivity index (χ4n) is 4.08. The third-order valence-electron chi connectivity index (χ3n) is 5.84. The predicted molar refractivity (Wildman–Crippen MR) is 107 cm³/mol. The van der Waals surface area contributed by atoms with E-state index in [1.807, 2.05) is 30.3 Å². The summed E-state index contributed by atoms with van der Waals surface area (Å²) in [6, 6.07) is 9.50. The molecular formula is C21H26N4O4. The van der Waals surface area contributed by atoms with Crippen molar-refractivity contribution < 1.29 is 19.5 Å². The van der Waals surface area contributed by atoms with Gasteiger partial charge >= 0.3 is 11.8 Å². The number of piperazine rings is 1. The van der Waals surface area contributed by atoms with Crippen LogP contribution in [0.5, 0.6) is 0 Å². The van der Waals surface area contributed by atoms with Crippen molar-refractivity contribution in [3.8, 4) is 0 Å². The molecule has 0 spiro atoms. The molecule has 4 rings (SSSR count). The molecule has 1 saturated heterocycles. The number of amides is 3. The smallest absolute Gasteiger partial charge is 0.312 e. The number of rotatable bonds is 2. The van der Waals surface area contributed by atoms with Crippen molar-refractivity contribution in [3.63, 3.8) is 0 Å². The van der Waals surface area contributed by atoms with Gasteiger partial charge in [-0.15, -0.1) is 0 Å². The largest absolute Gasteiger partial charge is 0.393 e. The summed E-state index contributed by atoms with van der Waals surface area (Å²) in [5, 5.41) is 13.3. The van der Waals surface area contributed by atoms with E-state index in [2.05, 4.69) is 10.3 Å². The molecule has 1 aromatic carbocycles. The van der Waals surface area contributed by atoms with Crippen molar-refractivity contribution >= 4 is 28.6 Å². The van der Waals surface area contributed by atoms with Crippen molar-refractivity contribution in [2.45, 2.75) is 37.8 Å². The Morgan fingerprint density at radius 2 is 1.62 bits per heavy atom. The lowest BCUT2D eigenvalue weighted by Gasteiger charge is -2.34. The highest BCUT2D eigenvalue weighted by atomic mass is 16.3. The van der Waals surface area contributed by atoms with Crippen LogP contribution >= 0.6 is 0 Å². The molecule has 1 aliphatic carbocycles. The first-order valence-electron chi connectivity index (χ1n) is 10.2. The first-order valence-corrected chi connectivity index (χ1v) is 10.2. The number of carbonyl (C=O) groups is 3. The second kappa shape index (κ2) is 8.24. The number of hydrogen-bond donors (Lipinski definition) is 3. The summed E-state index contributed by atoms with van der Waals surface area (Å²) in [5.41, 5.74) is 1.44. The van der Waals surface area contributed by atoms with Gasteiger partial charge in [-0.05, 0) is 37.8 Å². The SMILES string of the molecule is O=C(NC1CCC(O)CC1)C(=O)N1CCN(C(=O)c2cc3ccccc3[nH]2)CC1. The van der Waals surface area contributed by atoms with Crippen LogP contribution in [0.15, 0.2) is 30.3 Å². The summed E-state index contributed by atoms with van der Waals surface area (Å²) < 4.78 is 0. The van der Waals surface area contributed by atoms with Crippen LogP contribution in [0.25, 0.3) is 10.9 Å². The number of benzene rings is 1. The van der Waals surface area contributed by atoms with Crippen LogP contribution in [0.3, 0.4) is 0 Å². The molecule has 1 aromatic heterocycles. The van der Waals surface area contributed by atoms with Gasteiger partial charge in [-0.25, -0.2) is 0 Å². The Bertz CT molecular complexity index is 875. The lowest BCUT2D eigenvalue weighted by molar-refractivity contribution is -0.147. The minimum Gasteiger partial charge on any atom is -0.393 e. The van der Waals surface area contributed by atoms with Crippen LogP contribution in [0.2, 0.25) is 0 Å². The molecular weight excluding hydrogens is 372 g/mol. The van der Waals surface area contributed by atoms with Crippen LogP contribution in [0.1, 0.15) is 36.2 Å². The van der Waals surface area contributed by atoms with Gasteiger partial charge in [-0.3, -0.25) is 14.4 Å². The zero-order valence-electron chi connectivity index (χ0n) is 16.3. The topological polar surface area (TPSA) is 106 Å². The van der Waals surface area contributed by atoms with Gasteiger partial charge in [0.05, 0.1) is 6.10 Å². The maximum atomic E-state index is 12.8. The predicted octanol–water partition coefficient (Wildman–Crippen LogP) is 0.872. The molecule has 154 valence electrons. The molecule has 2 aliphatic rings. The maximum absolute atomic E-state index is 12.8. The Labute approximate surface area is 168 Å². The van der Waals surface area contributed by atoms with Crippen molar-refractivity contribution in [3.05, 3.63) is 36.0 Å². The van der Waals surface area contributed by atoms with E-state index in [-0.39, 0.29) is 18.1 Å². The van der Waals surface area contributed by atoms with E-state index in [9.17, 15) is 19.5 Å². The van der Waals surface area contributed by atoms with Crippen LogP contribution in [-0.4, -0.2) is 75.9 Å². The van der Waals surface area contributed by atoms with Gasteiger partial charge in [0.2, 0.25) is 0 Å². The first-order chi connectivity index (χ1) is 14.0. The first kappa shape index (κ1) is 19.4. The summed E-state index contributed by atoms with van der Waals surface area (Å²) >= 11 is 0. The van der Waals surface area contributed by atoms with Gasteiger partial charge in [0.25, 0.3) is 5.91 Å². The third kappa shape index (κ3) is 4.27. The van der Waals surface area contributed by atoms with Gasteiger partial charge in [0, 0.05) is 43.1 Å². The number of fused-ring (bicyclic) bond motifs is 1. The van der Waals surface area contributed by atoms with E-state index in [0.29, 0.717) is 57.6 Å². The number of hydrogen-bond acceptors (Lipinski definition) is 4. The summed E-state index contributed by atoms with van der Waals surface area (Å²) in [6.45, 7) is 1.45. The van der Waals surface area contributed by atoms with Crippen molar-refractivity contribution in [2.75, 3.05) is 26.2 Å². The summed E-state index contributed by atoms with van der Waals surface area (Å²) in [7, 11) is 0. The van der Waals surface area contributed by atoms with Crippen LogP contribution in [0.4, 0.5) is 0 Å². The molecule has 8 heteroatoms. The molecule has 3 N–H and O–H groups in total. The van der Waals surface area contributed by atoms with Crippen molar-refractivity contribution in [2.24, 2.45) is 0 Å². The second-order valence-corrected chi connectivity index (χ2v) is 7.83. The summed E-state index contributed by atoms with van der Waals surface area (Å²) in [5.74, 6) is -1.24. The van der Waals surface area contributed by atoms with Crippen molar-refractivity contribution in [1.82, 2.24) is 20.1 Å². The highest BCUT2D eigenvalue weighted by Gasteiger charge is 2.30. The molecule has 2 heterocycles. The van der Waals surface area contributed by atoms with E-state index in [1.54, 1.807) is 4.90 Å². The van der Waals surface area contributed by atoms with Gasteiger partial charge in [-0.1, -0.05) is 18.2 Å². The highest BCUT2D eigenvalue weighted by molar-refractivity contribution is 6.35.